The fourth-order valence-corrected chi connectivity index (χ4v) is 2.17. The Balaban J connectivity index is 2.77. The van der Waals surface area contributed by atoms with E-state index in [1.807, 2.05) is 6.92 Å². The molecule has 0 aliphatic carbocycles. The van der Waals surface area contributed by atoms with Crippen LogP contribution in [0.15, 0.2) is 49.6 Å². The van der Waals surface area contributed by atoms with Crippen LogP contribution >= 0.6 is 0 Å². The molecular formula is C19H16O6. The lowest BCUT2D eigenvalue weighted by Crippen LogP contribution is -2.10. The largest absolute Gasteiger partial charge is 0.423 e. The van der Waals surface area contributed by atoms with Gasteiger partial charge in [-0.05, 0) is 13.0 Å². The van der Waals surface area contributed by atoms with Gasteiger partial charge in [0.1, 0.15) is 5.75 Å². The van der Waals surface area contributed by atoms with E-state index in [9.17, 15) is 14.4 Å². The summed E-state index contributed by atoms with van der Waals surface area (Å²) in [7, 11) is 0. The van der Waals surface area contributed by atoms with E-state index in [1.54, 1.807) is 18.2 Å². The molecule has 0 saturated heterocycles. The van der Waals surface area contributed by atoms with Gasteiger partial charge in [-0.25, -0.2) is 9.59 Å². The van der Waals surface area contributed by atoms with Crippen LogP contribution in [-0.2, 0) is 14.4 Å². The van der Waals surface area contributed by atoms with Crippen LogP contribution < -0.4 is 14.2 Å². The minimum Gasteiger partial charge on any atom is -0.423 e. The van der Waals surface area contributed by atoms with E-state index < -0.39 is 17.9 Å². The second-order valence-corrected chi connectivity index (χ2v) is 5.10. The van der Waals surface area contributed by atoms with Crippen LogP contribution in [0.25, 0.3) is 10.8 Å². The maximum absolute atomic E-state index is 11.7. The van der Waals surface area contributed by atoms with Crippen molar-refractivity contribution in [1.29, 1.82) is 0 Å². The molecule has 2 aromatic carbocycles. The van der Waals surface area contributed by atoms with Gasteiger partial charge < -0.3 is 14.2 Å². The monoisotopic (exact) mass is 340 g/mol. The highest BCUT2D eigenvalue weighted by atomic mass is 16.6. The van der Waals surface area contributed by atoms with Crippen molar-refractivity contribution in [2.24, 2.45) is 0 Å². The fourth-order valence-electron chi connectivity index (χ4n) is 2.17. The standard InChI is InChI=1S/C19H16O6/c1-5-17(21)24-15-10-16(23-12(4)20)19(25-18(22)6-2)13-8-7-11(3)9-14(13)15/h5-10H,1-2H2,3-4H3. The summed E-state index contributed by atoms with van der Waals surface area (Å²) in [6.07, 6.45) is 2.00. The second-order valence-electron chi connectivity index (χ2n) is 5.10. The lowest BCUT2D eigenvalue weighted by atomic mass is 10.0. The molecule has 0 aliphatic heterocycles. The number of hydrogen-bond acceptors (Lipinski definition) is 6. The fraction of sp³-hybridized carbons (Fsp3) is 0.105. The zero-order chi connectivity index (χ0) is 18.6. The van der Waals surface area contributed by atoms with E-state index in [2.05, 4.69) is 13.2 Å². The number of rotatable bonds is 5. The van der Waals surface area contributed by atoms with E-state index in [-0.39, 0.29) is 17.2 Å². The summed E-state index contributed by atoms with van der Waals surface area (Å²) in [5.41, 5.74) is 0.893. The third-order valence-electron chi connectivity index (χ3n) is 3.17. The Hall–Kier alpha value is -3.41. The first kappa shape index (κ1) is 17.9. The average molecular weight is 340 g/mol. The molecule has 128 valence electrons. The minimum absolute atomic E-state index is 0.0357. The van der Waals surface area contributed by atoms with Gasteiger partial charge in [0.2, 0.25) is 0 Å². The smallest absolute Gasteiger partial charge is 0.335 e. The van der Waals surface area contributed by atoms with Crippen LogP contribution in [0.4, 0.5) is 0 Å². The molecule has 0 heterocycles. The lowest BCUT2D eigenvalue weighted by molar-refractivity contribution is -0.133. The molecule has 0 amide bonds. The van der Waals surface area contributed by atoms with Gasteiger partial charge in [-0.3, -0.25) is 4.79 Å². The number of aryl methyl sites for hydroxylation is 1. The predicted octanol–water partition coefficient (Wildman–Crippen LogP) is 3.26. The van der Waals surface area contributed by atoms with Crippen LogP contribution in [0.3, 0.4) is 0 Å². The molecule has 0 bridgehead atoms. The molecule has 25 heavy (non-hydrogen) atoms. The molecule has 6 heteroatoms. The highest BCUT2D eigenvalue weighted by molar-refractivity contribution is 6.00. The molecule has 0 radical (unpaired) electrons. The summed E-state index contributed by atoms with van der Waals surface area (Å²) in [5, 5.41) is 0.948. The Labute approximate surface area is 144 Å². The normalized spacial score (nSPS) is 10.0. The zero-order valence-corrected chi connectivity index (χ0v) is 13.8. The molecule has 2 rings (SSSR count). The third kappa shape index (κ3) is 4.11. The first-order valence-corrected chi connectivity index (χ1v) is 7.30. The highest BCUT2D eigenvalue weighted by Gasteiger charge is 2.20. The summed E-state index contributed by atoms with van der Waals surface area (Å²) >= 11 is 0. The number of hydrogen-bond donors (Lipinski definition) is 0. The van der Waals surface area contributed by atoms with Gasteiger partial charge in [-0.2, -0.15) is 0 Å². The van der Waals surface area contributed by atoms with E-state index >= 15 is 0 Å². The van der Waals surface area contributed by atoms with Crippen molar-refractivity contribution in [1.82, 2.24) is 0 Å². The topological polar surface area (TPSA) is 78.9 Å². The van der Waals surface area contributed by atoms with Crippen molar-refractivity contribution in [3.63, 3.8) is 0 Å². The average Bonchev–Trinajstić information content (AvgIpc) is 2.57. The lowest BCUT2D eigenvalue weighted by Gasteiger charge is -2.15. The van der Waals surface area contributed by atoms with E-state index in [1.165, 1.54) is 13.0 Å². The molecule has 0 unspecified atom stereocenters. The molecule has 0 saturated carbocycles. The van der Waals surface area contributed by atoms with Gasteiger partial charge in [0.25, 0.3) is 0 Å². The molecule has 2 aromatic rings. The van der Waals surface area contributed by atoms with Gasteiger partial charge in [0.15, 0.2) is 11.5 Å². The van der Waals surface area contributed by atoms with Crippen LogP contribution in [0.5, 0.6) is 17.2 Å². The summed E-state index contributed by atoms with van der Waals surface area (Å²) in [6, 6.07) is 6.53. The van der Waals surface area contributed by atoms with Gasteiger partial charge in [0, 0.05) is 35.9 Å². The van der Waals surface area contributed by atoms with Crippen molar-refractivity contribution in [2.45, 2.75) is 13.8 Å². The number of esters is 3. The summed E-state index contributed by atoms with van der Waals surface area (Å²) in [4.78, 5) is 34.7. The molecule has 0 aliphatic rings. The minimum atomic E-state index is -0.717. The van der Waals surface area contributed by atoms with E-state index in [4.69, 9.17) is 14.2 Å². The number of carbonyl (C=O) groups excluding carboxylic acids is 3. The molecular weight excluding hydrogens is 324 g/mol. The Morgan fingerprint density at radius 3 is 2.12 bits per heavy atom. The van der Waals surface area contributed by atoms with E-state index in [0.717, 1.165) is 17.7 Å². The van der Waals surface area contributed by atoms with Gasteiger partial charge in [0.05, 0.1) is 0 Å². The van der Waals surface area contributed by atoms with E-state index in [0.29, 0.717) is 10.8 Å². The second kappa shape index (κ2) is 7.44. The van der Waals surface area contributed by atoms with Crippen LogP contribution in [0.2, 0.25) is 0 Å². The number of benzene rings is 2. The maximum Gasteiger partial charge on any atom is 0.335 e. The quantitative estimate of drug-likeness (QED) is 0.472. The summed E-state index contributed by atoms with van der Waals surface area (Å²) in [6.45, 7) is 9.76. The number of carbonyl (C=O) groups is 3. The first-order chi connectivity index (χ1) is 11.8. The SMILES string of the molecule is C=CC(=O)Oc1cc(OC(C)=O)c(OC(=O)C=C)c2ccc(C)cc12. The van der Waals surface area contributed by atoms with Crippen LogP contribution in [0, 0.1) is 6.92 Å². The van der Waals surface area contributed by atoms with Crippen molar-refractivity contribution in [2.75, 3.05) is 0 Å². The molecule has 0 spiro atoms. The van der Waals surface area contributed by atoms with Crippen LogP contribution in [-0.4, -0.2) is 17.9 Å². The Morgan fingerprint density at radius 1 is 0.880 bits per heavy atom. The highest BCUT2D eigenvalue weighted by Crippen LogP contribution is 2.42. The van der Waals surface area contributed by atoms with Crippen molar-refractivity contribution in [3.05, 3.63) is 55.1 Å². The molecule has 6 nitrogen and oxygen atoms in total. The first-order valence-electron chi connectivity index (χ1n) is 7.30. The van der Waals surface area contributed by atoms with Gasteiger partial charge in [-0.1, -0.05) is 30.9 Å². The Bertz CT molecular complexity index is 894. The predicted molar refractivity (Wildman–Crippen MR) is 91.7 cm³/mol. The molecule has 0 fully saturated rings. The molecule has 0 atom stereocenters. The van der Waals surface area contributed by atoms with Crippen molar-refractivity contribution < 1.29 is 28.6 Å². The third-order valence-corrected chi connectivity index (χ3v) is 3.17. The number of fused-ring (bicyclic) bond motifs is 1. The van der Waals surface area contributed by atoms with Crippen molar-refractivity contribution >= 4 is 28.7 Å². The molecule has 0 N–H and O–H groups in total. The Kier molecular flexibility index (Phi) is 5.34. The summed E-state index contributed by atoms with van der Waals surface area (Å²) < 4.78 is 15.6. The van der Waals surface area contributed by atoms with Gasteiger partial charge >= 0.3 is 17.9 Å². The summed E-state index contributed by atoms with van der Waals surface area (Å²) in [5.74, 6) is -1.88. The van der Waals surface area contributed by atoms with Crippen LogP contribution in [0.1, 0.15) is 12.5 Å². The molecule has 0 aromatic heterocycles. The van der Waals surface area contributed by atoms with Gasteiger partial charge in [-0.15, -0.1) is 0 Å². The zero-order valence-electron chi connectivity index (χ0n) is 13.8. The Morgan fingerprint density at radius 2 is 1.52 bits per heavy atom. The van der Waals surface area contributed by atoms with Crippen molar-refractivity contribution in [3.8, 4) is 17.2 Å². The maximum atomic E-state index is 11.7. The number of ether oxygens (including phenoxy) is 3.